The molecule has 14 heavy (non-hydrogen) atoms. The van der Waals surface area contributed by atoms with Gasteiger partial charge in [0.1, 0.15) is 0 Å². The van der Waals surface area contributed by atoms with Gasteiger partial charge in [0.05, 0.1) is 10.5 Å². The number of benzene rings is 1. The molecule has 0 spiro atoms. The molecule has 0 aliphatic carbocycles. The third-order valence-electron chi connectivity index (χ3n) is 2.01. The first-order chi connectivity index (χ1) is 6.63. The lowest BCUT2D eigenvalue weighted by Gasteiger charge is -1.97. The van der Waals surface area contributed by atoms with E-state index < -0.39 is 5.76 Å². The predicted octanol–water partition coefficient (Wildman–Crippen LogP) is 2.92. The fourth-order valence-electron chi connectivity index (χ4n) is 1.39. The van der Waals surface area contributed by atoms with Crippen LogP contribution in [0.2, 0.25) is 10.0 Å². The van der Waals surface area contributed by atoms with Crippen molar-refractivity contribution in [1.29, 1.82) is 0 Å². The van der Waals surface area contributed by atoms with Crippen LogP contribution < -0.4 is 5.76 Å². The number of aryl methyl sites for hydroxylation is 1. The van der Waals surface area contributed by atoms with Crippen molar-refractivity contribution >= 4 is 34.3 Å². The van der Waals surface area contributed by atoms with Gasteiger partial charge in [0.2, 0.25) is 0 Å². The maximum Gasteiger partial charge on any atom is 0.419 e. The predicted molar refractivity (Wildman–Crippen MR) is 56.2 cm³/mol. The minimum atomic E-state index is -0.410. The molecule has 1 heterocycles. The molecule has 1 aromatic carbocycles. The molecule has 0 atom stereocenters. The van der Waals surface area contributed by atoms with Crippen molar-refractivity contribution in [1.82, 2.24) is 4.57 Å². The largest absolute Gasteiger partial charge is 0.419 e. The van der Waals surface area contributed by atoms with E-state index in [0.717, 1.165) is 0 Å². The summed E-state index contributed by atoms with van der Waals surface area (Å²) in [5.74, 6) is -0.410. The van der Waals surface area contributed by atoms with Crippen molar-refractivity contribution in [3.63, 3.8) is 0 Å². The maximum absolute atomic E-state index is 11.3. The van der Waals surface area contributed by atoms with Crippen LogP contribution in [0.1, 0.15) is 6.92 Å². The first kappa shape index (κ1) is 9.62. The van der Waals surface area contributed by atoms with Crippen molar-refractivity contribution in [2.45, 2.75) is 13.5 Å². The number of aromatic nitrogens is 1. The van der Waals surface area contributed by atoms with E-state index in [0.29, 0.717) is 27.7 Å². The molecule has 0 saturated carbocycles. The lowest BCUT2D eigenvalue weighted by molar-refractivity contribution is 0.513. The van der Waals surface area contributed by atoms with Crippen LogP contribution in [0.3, 0.4) is 0 Å². The van der Waals surface area contributed by atoms with Crippen LogP contribution in [-0.4, -0.2) is 4.57 Å². The molecular formula is C9H7Cl2NO2. The van der Waals surface area contributed by atoms with Gasteiger partial charge in [-0.2, -0.15) is 0 Å². The van der Waals surface area contributed by atoms with Crippen LogP contribution >= 0.6 is 23.2 Å². The van der Waals surface area contributed by atoms with Gasteiger partial charge in [0.25, 0.3) is 0 Å². The van der Waals surface area contributed by atoms with Gasteiger partial charge in [-0.05, 0) is 19.1 Å². The van der Waals surface area contributed by atoms with Crippen molar-refractivity contribution in [3.05, 3.63) is 32.7 Å². The Bertz CT molecular complexity index is 541. The van der Waals surface area contributed by atoms with Crippen LogP contribution in [0.15, 0.2) is 21.3 Å². The highest BCUT2D eigenvalue weighted by atomic mass is 35.5. The summed E-state index contributed by atoms with van der Waals surface area (Å²) in [4.78, 5) is 11.3. The topological polar surface area (TPSA) is 35.1 Å². The summed E-state index contributed by atoms with van der Waals surface area (Å²) in [6.07, 6.45) is 0. The number of hydrogen-bond donors (Lipinski definition) is 0. The van der Waals surface area contributed by atoms with Crippen molar-refractivity contribution in [3.8, 4) is 0 Å². The van der Waals surface area contributed by atoms with Crippen LogP contribution in [0.5, 0.6) is 0 Å². The summed E-state index contributed by atoms with van der Waals surface area (Å²) in [5, 5.41) is 0.849. The number of nitrogens with zero attached hydrogens (tertiary/aromatic N) is 1. The smallest absolute Gasteiger partial charge is 0.406 e. The van der Waals surface area contributed by atoms with E-state index in [4.69, 9.17) is 27.6 Å². The molecule has 5 heteroatoms. The van der Waals surface area contributed by atoms with Gasteiger partial charge in [-0.1, -0.05) is 23.2 Å². The Morgan fingerprint density at radius 2 is 2.14 bits per heavy atom. The van der Waals surface area contributed by atoms with Gasteiger partial charge in [-0.3, -0.25) is 4.57 Å². The molecule has 0 saturated heterocycles. The average Bonchev–Trinajstić information content (AvgIpc) is 2.41. The molecule has 3 nitrogen and oxygen atoms in total. The minimum Gasteiger partial charge on any atom is -0.406 e. The van der Waals surface area contributed by atoms with Gasteiger partial charge in [-0.25, -0.2) is 4.79 Å². The summed E-state index contributed by atoms with van der Waals surface area (Å²) in [6, 6.07) is 3.21. The third-order valence-corrected chi connectivity index (χ3v) is 2.50. The second-order valence-corrected chi connectivity index (χ2v) is 3.69. The highest BCUT2D eigenvalue weighted by Crippen LogP contribution is 2.26. The summed E-state index contributed by atoms with van der Waals surface area (Å²) >= 11 is 11.7. The summed E-state index contributed by atoms with van der Waals surface area (Å²) in [5.41, 5.74) is 1.03. The van der Waals surface area contributed by atoms with E-state index in [1.54, 1.807) is 12.1 Å². The molecule has 0 fully saturated rings. The molecular weight excluding hydrogens is 225 g/mol. The number of hydrogen-bond acceptors (Lipinski definition) is 2. The number of oxazole rings is 1. The summed E-state index contributed by atoms with van der Waals surface area (Å²) in [7, 11) is 0. The molecule has 2 aromatic rings. The lowest BCUT2D eigenvalue weighted by atomic mass is 10.3. The van der Waals surface area contributed by atoms with Gasteiger partial charge >= 0.3 is 5.76 Å². The summed E-state index contributed by atoms with van der Waals surface area (Å²) in [6.45, 7) is 2.38. The zero-order valence-corrected chi connectivity index (χ0v) is 8.89. The Kier molecular flexibility index (Phi) is 2.29. The fraction of sp³-hybridized carbons (Fsp3) is 0.222. The Morgan fingerprint density at radius 1 is 1.43 bits per heavy atom. The van der Waals surface area contributed by atoms with Crippen LogP contribution in [-0.2, 0) is 6.54 Å². The Labute approximate surface area is 89.8 Å². The van der Waals surface area contributed by atoms with Crippen LogP contribution in [0.4, 0.5) is 0 Å². The molecule has 1 aromatic heterocycles. The maximum atomic E-state index is 11.3. The third kappa shape index (κ3) is 1.33. The first-order valence-electron chi connectivity index (χ1n) is 4.12. The molecule has 0 unspecified atom stereocenters. The van der Waals surface area contributed by atoms with Gasteiger partial charge in [-0.15, -0.1) is 0 Å². The monoisotopic (exact) mass is 231 g/mol. The van der Waals surface area contributed by atoms with Crippen molar-refractivity contribution in [2.75, 3.05) is 0 Å². The number of rotatable bonds is 1. The molecule has 0 radical (unpaired) electrons. The molecule has 0 bridgehead atoms. The Balaban J connectivity index is 2.95. The van der Waals surface area contributed by atoms with E-state index in [1.165, 1.54) is 4.57 Å². The fourth-order valence-corrected chi connectivity index (χ4v) is 1.91. The molecule has 0 amide bonds. The van der Waals surface area contributed by atoms with Crippen molar-refractivity contribution in [2.24, 2.45) is 0 Å². The first-order valence-corrected chi connectivity index (χ1v) is 4.87. The van der Waals surface area contributed by atoms with E-state index >= 15 is 0 Å². The minimum absolute atomic E-state index is 0.358. The number of halogens is 2. The average molecular weight is 232 g/mol. The van der Waals surface area contributed by atoms with Gasteiger partial charge < -0.3 is 4.42 Å². The van der Waals surface area contributed by atoms with Gasteiger partial charge in [0, 0.05) is 11.6 Å². The lowest BCUT2D eigenvalue weighted by Crippen LogP contribution is -2.11. The second-order valence-electron chi connectivity index (χ2n) is 2.85. The molecule has 2 rings (SSSR count). The highest BCUT2D eigenvalue weighted by molar-refractivity contribution is 6.37. The molecule has 0 aliphatic heterocycles. The second kappa shape index (κ2) is 3.33. The van der Waals surface area contributed by atoms with Crippen molar-refractivity contribution < 1.29 is 4.42 Å². The Hall–Kier alpha value is -0.930. The van der Waals surface area contributed by atoms with E-state index in [9.17, 15) is 4.79 Å². The quantitative estimate of drug-likeness (QED) is 0.757. The highest BCUT2D eigenvalue weighted by Gasteiger charge is 2.11. The number of fused-ring (bicyclic) bond motifs is 1. The van der Waals surface area contributed by atoms with Crippen LogP contribution in [0.25, 0.3) is 11.1 Å². The van der Waals surface area contributed by atoms with Crippen LogP contribution in [0, 0.1) is 0 Å². The Morgan fingerprint density at radius 3 is 2.79 bits per heavy atom. The van der Waals surface area contributed by atoms with E-state index in [-0.39, 0.29) is 0 Å². The SMILES string of the molecule is CCn1c(=O)oc2c(Cl)cc(Cl)cc21. The molecule has 0 aliphatic rings. The van der Waals surface area contributed by atoms with E-state index in [1.807, 2.05) is 6.92 Å². The normalized spacial score (nSPS) is 11.1. The molecule has 74 valence electrons. The van der Waals surface area contributed by atoms with Gasteiger partial charge in [0.15, 0.2) is 5.58 Å². The molecule has 0 N–H and O–H groups in total. The van der Waals surface area contributed by atoms with E-state index in [2.05, 4.69) is 0 Å². The standard InChI is InChI=1S/C9H7Cl2NO2/c1-2-12-7-4-5(10)3-6(11)8(7)14-9(12)13/h3-4H,2H2,1H3. The summed E-state index contributed by atoms with van der Waals surface area (Å²) < 4.78 is 6.47. The zero-order chi connectivity index (χ0) is 10.3. The zero-order valence-electron chi connectivity index (χ0n) is 7.38.